The van der Waals surface area contributed by atoms with E-state index < -0.39 is 0 Å². The minimum atomic E-state index is -0.367. The van der Waals surface area contributed by atoms with Gasteiger partial charge in [0.25, 0.3) is 0 Å². The summed E-state index contributed by atoms with van der Waals surface area (Å²) in [6.07, 6.45) is 0.223. The summed E-state index contributed by atoms with van der Waals surface area (Å²) in [5.41, 5.74) is 2.03. The van der Waals surface area contributed by atoms with Crippen molar-refractivity contribution in [1.82, 2.24) is 5.32 Å². The number of aryl methyl sites for hydroxylation is 1. The minimum Gasteiger partial charge on any atom is -0.309 e. The van der Waals surface area contributed by atoms with Crippen LogP contribution in [-0.2, 0) is 4.79 Å². The first-order valence-electron chi connectivity index (χ1n) is 5.71. The molecule has 1 amide bonds. The topological polar surface area (TPSA) is 56.1 Å². The number of hydrogen-bond acceptors (Lipinski definition) is 3. The minimum absolute atomic E-state index is 0.00731. The predicted molar refractivity (Wildman–Crippen MR) is 65.6 cm³/mol. The van der Waals surface area contributed by atoms with E-state index >= 15 is 0 Å². The maximum atomic E-state index is 12.2. The Morgan fingerprint density at radius 3 is 3.00 bits per heavy atom. The fourth-order valence-electron chi connectivity index (χ4n) is 2.09. The van der Waals surface area contributed by atoms with E-state index in [9.17, 15) is 4.79 Å². The molecule has 0 radical (unpaired) electrons. The Labute approximate surface area is 101 Å². The summed E-state index contributed by atoms with van der Waals surface area (Å²) < 4.78 is 0. The molecule has 1 heterocycles. The third kappa shape index (κ3) is 2.29. The Bertz CT molecular complexity index is 464. The van der Waals surface area contributed by atoms with Gasteiger partial charge < -0.3 is 10.2 Å². The van der Waals surface area contributed by atoms with Gasteiger partial charge in [0.15, 0.2) is 0 Å². The number of benzene rings is 1. The molecular weight excluding hydrogens is 214 g/mol. The van der Waals surface area contributed by atoms with E-state index in [1.165, 1.54) is 0 Å². The second-order valence-corrected chi connectivity index (χ2v) is 4.15. The Morgan fingerprint density at radius 1 is 1.53 bits per heavy atom. The van der Waals surface area contributed by atoms with Crippen LogP contribution in [0, 0.1) is 18.3 Å². The molecule has 4 heteroatoms. The van der Waals surface area contributed by atoms with Crippen LogP contribution >= 0.6 is 0 Å². The molecule has 2 rings (SSSR count). The van der Waals surface area contributed by atoms with Crippen LogP contribution in [0.3, 0.4) is 0 Å². The largest absolute Gasteiger partial charge is 0.309 e. The Kier molecular flexibility index (Phi) is 3.40. The maximum Gasteiger partial charge on any atom is 0.245 e. The van der Waals surface area contributed by atoms with Gasteiger partial charge in [-0.05, 0) is 18.6 Å². The molecule has 1 aliphatic rings. The van der Waals surface area contributed by atoms with E-state index in [1.54, 1.807) is 4.90 Å². The molecule has 1 aromatic carbocycles. The first kappa shape index (κ1) is 11.6. The molecule has 0 aliphatic carbocycles. The number of amides is 1. The lowest BCUT2D eigenvalue weighted by Crippen LogP contribution is -2.55. The first-order chi connectivity index (χ1) is 8.24. The van der Waals surface area contributed by atoms with Crippen LogP contribution < -0.4 is 10.2 Å². The predicted octanol–water partition coefficient (Wildman–Crippen LogP) is 1.21. The molecule has 4 nitrogen and oxygen atoms in total. The normalized spacial score (nSPS) is 20.1. The van der Waals surface area contributed by atoms with E-state index in [2.05, 4.69) is 5.32 Å². The molecule has 88 valence electrons. The van der Waals surface area contributed by atoms with Crippen molar-refractivity contribution < 1.29 is 4.79 Å². The zero-order valence-electron chi connectivity index (χ0n) is 9.81. The zero-order valence-corrected chi connectivity index (χ0v) is 9.81. The van der Waals surface area contributed by atoms with Crippen molar-refractivity contribution in [2.45, 2.75) is 19.4 Å². The quantitative estimate of drug-likeness (QED) is 0.829. The number of carbonyl (C=O) groups is 1. The van der Waals surface area contributed by atoms with Crippen molar-refractivity contribution >= 4 is 11.6 Å². The smallest absolute Gasteiger partial charge is 0.245 e. The van der Waals surface area contributed by atoms with Crippen molar-refractivity contribution in [3.05, 3.63) is 29.8 Å². The molecule has 1 fully saturated rings. The van der Waals surface area contributed by atoms with E-state index in [0.717, 1.165) is 17.8 Å². The second kappa shape index (κ2) is 4.98. The number of nitrogens with one attached hydrogen (secondary N) is 1. The number of para-hydroxylation sites is 1. The average Bonchev–Trinajstić information content (AvgIpc) is 2.33. The molecule has 17 heavy (non-hydrogen) atoms. The third-order valence-electron chi connectivity index (χ3n) is 2.99. The molecule has 1 aliphatic heterocycles. The molecule has 0 saturated carbocycles. The number of nitrogens with zero attached hydrogens (tertiary/aromatic N) is 2. The van der Waals surface area contributed by atoms with Gasteiger partial charge in [0, 0.05) is 18.8 Å². The SMILES string of the molecule is Cc1ccccc1N1CCNC(CC#N)C1=O. The Balaban J connectivity index is 2.25. The first-order valence-corrected chi connectivity index (χ1v) is 5.71. The van der Waals surface area contributed by atoms with Gasteiger partial charge in [-0.15, -0.1) is 0 Å². The van der Waals surface area contributed by atoms with Crippen LogP contribution in [0.5, 0.6) is 0 Å². The van der Waals surface area contributed by atoms with Gasteiger partial charge in [0.2, 0.25) is 5.91 Å². The third-order valence-corrected chi connectivity index (χ3v) is 2.99. The number of rotatable bonds is 2. The van der Waals surface area contributed by atoms with Crippen LogP contribution in [0.2, 0.25) is 0 Å². The highest BCUT2D eigenvalue weighted by Gasteiger charge is 2.29. The number of carbonyl (C=O) groups excluding carboxylic acids is 1. The number of anilines is 1. The molecular formula is C13H15N3O. The van der Waals surface area contributed by atoms with Gasteiger partial charge in [-0.25, -0.2) is 0 Å². The highest BCUT2D eigenvalue weighted by atomic mass is 16.2. The van der Waals surface area contributed by atoms with E-state index in [0.29, 0.717) is 6.54 Å². The Hall–Kier alpha value is -1.86. The average molecular weight is 229 g/mol. The lowest BCUT2D eigenvalue weighted by molar-refractivity contribution is -0.121. The molecule has 1 atom stereocenters. The molecule has 0 aromatic heterocycles. The van der Waals surface area contributed by atoms with Crippen molar-refractivity contribution in [1.29, 1.82) is 5.26 Å². The monoisotopic (exact) mass is 229 g/mol. The Morgan fingerprint density at radius 2 is 2.29 bits per heavy atom. The molecule has 1 saturated heterocycles. The van der Waals surface area contributed by atoms with Crippen LogP contribution in [0.15, 0.2) is 24.3 Å². The number of hydrogen-bond donors (Lipinski definition) is 1. The molecule has 1 aromatic rings. The van der Waals surface area contributed by atoms with Crippen LogP contribution in [0.1, 0.15) is 12.0 Å². The summed E-state index contributed by atoms with van der Waals surface area (Å²) in [6, 6.07) is 9.50. The molecule has 1 N–H and O–H groups in total. The summed E-state index contributed by atoms with van der Waals surface area (Å²) in [5, 5.41) is 11.8. The standard InChI is InChI=1S/C13H15N3O/c1-10-4-2-3-5-12(10)16-9-8-15-11(6-7-14)13(16)17/h2-5,11,15H,6,8-9H2,1H3. The van der Waals surface area contributed by atoms with Gasteiger partial charge in [-0.1, -0.05) is 18.2 Å². The van der Waals surface area contributed by atoms with Crippen LogP contribution in [0.4, 0.5) is 5.69 Å². The maximum absolute atomic E-state index is 12.2. The molecule has 1 unspecified atom stereocenters. The summed E-state index contributed by atoms with van der Waals surface area (Å²) in [7, 11) is 0. The van der Waals surface area contributed by atoms with Gasteiger partial charge in [-0.2, -0.15) is 5.26 Å². The van der Waals surface area contributed by atoms with E-state index in [-0.39, 0.29) is 18.4 Å². The summed E-state index contributed by atoms with van der Waals surface area (Å²) in [6.45, 7) is 3.38. The zero-order chi connectivity index (χ0) is 12.3. The lowest BCUT2D eigenvalue weighted by atomic mass is 10.1. The van der Waals surface area contributed by atoms with E-state index in [1.807, 2.05) is 37.3 Å². The van der Waals surface area contributed by atoms with Gasteiger partial charge in [-0.3, -0.25) is 4.79 Å². The van der Waals surface area contributed by atoms with Crippen LogP contribution in [-0.4, -0.2) is 25.0 Å². The number of piperazine rings is 1. The van der Waals surface area contributed by atoms with Gasteiger partial charge in [0.1, 0.15) is 6.04 Å². The van der Waals surface area contributed by atoms with Crippen molar-refractivity contribution in [3.8, 4) is 6.07 Å². The van der Waals surface area contributed by atoms with Crippen molar-refractivity contribution in [2.24, 2.45) is 0 Å². The molecule has 0 bridgehead atoms. The summed E-state index contributed by atoms with van der Waals surface area (Å²) >= 11 is 0. The van der Waals surface area contributed by atoms with Gasteiger partial charge in [0.05, 0.1) is 12.5 Å². The van der Waals surface area contributed by atoms with Crippen LogP contribution in [0.25, 0.3) is 0 Å². The fourth-order valence-corrected chi connectivity index (χ4v) is 2.09. The van der Waals surface area contributed by atoms with Gasteiger partial charge >= 0.3 is 0 Å². The van der Waals surface area contributed by atoms with E-state index in [4.69, 9.17) is 5.26 Å². The summed E-state index contributed by atoms with van der Waals surface area (Å²) in [5.74, 6) is -0.00731. The van der Waals surface area contributed by atoms with Crippen molar-refractivity contribution in [3.63, 3.8) is 0 Å². The number of nitriles is 1. The lowest BCUT2D eigenvalue weighted by Gasteiger charge is -2.33. The van der Waals surface area contributed by atoms with Crippen molar-refractivity contribution in [2.75, 3.05) is 18.0 Å². The highest BCUT2D eigenvalue weighted by molar-refractivity contribution is 5.98. The fraction of sp³-hybridized carbons (Fsp3) is 0.385. The second-order valence-electron chi connectivity index (χ2n) is 4.15. The highest BCUT2D eigenvalue weighted by Crippen LogP contribution is 2.21. The summed E-state index contributed by atoms with van der Waals surface area (Å²) in [4.78, 5) is 14.0. The molecule has 0 spiro atoms.